The van der Waals surface area contributed by atoms with E-state index in [2.05, 4.69) is 32.6 Å². The Bertz CT molecular complexity index is 683. The van der Waals surface area contributed by atoms with Crippen LogP contribution in [0.25, 0.3) is 0 Å². The fraction of sp³-hybridized carbons (Fsp3) is 0.286. The Kier molecular flexibility index (Phi) is 4.40. The molecule has 0 saturated carbocycles. The first-order valence-corrected chi connectivity index (χ1v) is 7.30. The molecule has 0 aliphatic rings. The van der Waals surface area contributed by atoms with Crippen LogP contribution in [0.3, 0.4) is 0 Å². The highest BCUT2D eigenvalue weighted by molar-refractivity contribution is 14.1. The van der Waals surface area contributed by atoms with E-state index in [0.717, 1.165) is 3.57 Å². The van der Waals surface area contributed by atoms with Crippen LogP contribution in [0.4, 0.5) is 5.69 Å². The summed E-state index contributed by atoms with van der Waals surface area (Å²) in [6.07, 6.45) is 1.62. The Balaban J connectivity index is 2.34. The van der Waals surface area contributed by atoms with Crippen LogP contribution in [0.5, 0.6) is 11.6 Å². The predicted molar refractivity (Wildman–Crippen MR) is 86.6 cm³/mol. The maximum atomic E-state index is 10.8. The SMILES string of the molecule is CC(C)(C)c1nccc(Oc2cc([N+](=O)[O-])ccc2I)n1. The van der Waals surface area contributed by atoms with E-state index >= 15 is 0 Å². The van der Waals surface area contributed by atoms with E-state index in [0.29, 0.717) is 17.5 Å². The largest absolute Gasteiger partial charge is 0.438 e. The number of non-ortho nitro benzene ring substituents is 1. The third-order valence-electron chi connectivity index (χ3n) is 2.64. The molecular weight excluding hydrogens is 385 g/mol. The molecule has 0 fully saturated rings. The lowest BCUT2D eigenvalue weighted by Crippen LogP contribution is -2.15. The van der Waals surface area contributed by atoms with Gasteiger partial charge < -0.3 is 4.74 Å². The van der Waals surface area contributed by atoms with Crippen LogP contribution in [0.2, 0.25) is 0 Å². The Morgan fingerprint density at radius 3 is 2.62 bits per heavy atom. The number of benzene rings is 1. The molecular formula is C14H14IN3O3. The summed E-state index contributed by atoms with van der Waals surface area (Å²) in [7, 11) is 0. The first-order valence-electron chi connectivity index (χ1n) is 6.23. The van der Waals surface area contributed by atoms with Crippen molar-refractivity contribution in [3.8, 4) is 11.6 Å². The first kappa shape index (κ1) is 15.6. The summed E-state index contributed by atoms with van der Waals surface area (Å²) in [6.45, 7) is 6.01. The number of nitrogens with zero attached hydrogens (tertiary/aromatic N) is 3. The average molecular weight is 399 g/mol. The minimum Gasteiger partial charge on any atom is -0.438 e. The second-order valence-corrected chi connectivity index (χ2v) is 6.60. The van der Waals surface area contributed by atoms with Crippen molar-refractivity contribution in [1.82, 2.24) is 9.97 Å². The summed E-state index contributed by atoms with van der Waals surface area (Å²) in [5.41, 5.74) is -0.217. The minimum atomic E-state index is -0.455. The van der Waals surface area contributed by atoms with Crippen molar-refractivity contribution in [2.75, 3.05) is 0 Å². The van der Waals surface area contributed by atoms with E-state index < -0.39 is 4.92 Å². The lowest BCUT2D eigenvalue weighted by molar-refractivity contribution is -0.384. The van der Waals surface area contributed by atoms with Gasteiger partial charge >= 0.3 is 0 Å². The number of ether oxygens (including phenoxy) is 1. The van der Waals surface area contributed by atoms with Crippen LogP contribution in [-0.4, -0.2) is 14.9 Å². The van der Waals surface area contributed by atoms with E-state index in [9.17, 15) is 10.1 Å². The van der Waals surface area contributed by atoms with Crippen LogP contribution in [0, 0.1) is 13.7 Å². The second kappa shape index (κ2) is 5.92. The molecule has 6 nitrogen and oxygen atoms in total. The molecule has 0 spiro atoms. The molecule has 110 valence electrons. The zero-order valence-electron chi connectivity index (χ0n) is 11.8. The van der Waals surface area contributed by atoms with E-state index in [4.69, 9.17) is 4.74 Å². The van der Waals surface area contributed by atoms with Crippen molar-refractivity contribution in [3.05, 3.63) is 50.0 Å². The van der Waals surface area contributed by atoms with E-state index in [1.54, 1.807) is 18.3 Å². The molecule has 0 N–H and O–H groups in total. The van der Waals surface area contributed by atoms with Gasteiger partial charge in [0.25, 0.3) is 5.69 Å². The topological polar surface area (TPSA) is 78.2 Å². The normalized spacial score (nSPS) is 11.2. The van der Waals surface area contributed by atoms with E-state index in [1.807, 2.05) is 20.8 Å². The van der Waals surface area contributed by atoms with Crippen molar-refractivity contribution in [1.29, 1.82) is 0 Å². The van der Waals surface area contributed by atoms with E-state index in [-0.39, 0.29) is 11.1 Å². The molecule has 0 atom stereocenters. The Labute approximate surface area is 135 Å². The lowest BCUT2D eigenvalue weighted by Gasteiger charge is -2.16. The molecule has 0 radical (unpaired) electrons. The van der Waals surface area contributed by atoms with Crippen LogP contribution in [-0.2, 0) is 5.41 Å². The van der Waals surface area contributed by atoms with Crippen LogP contribution in [0.15, 0.2) is 30.5 Å². The summed E-state index contributed by atoms with van der Waals surface area (Å²) in [5, 5.41) is 10.8. The quantitative estimate of drug-likeness (QED) is 0.442. The van der Waals surface area contributed by atoms with E-state index in [1.165, 1.54) is 12.1 Å². The molecule has 0 unspecified atom stereocenters. The van der Waals surface area contributed by atoms with Gasteiger partial charge in [-0.15, -0.1) is 0 Å². The molecule has 1 heterocycles. The smallest absolute Gasteiger partial charge is 0.273 e. The maximum absolute atomic E-state index is 10.8. The molecule has 0 saturated heterocycles. The molecule has 21 heavy (non-hydrogen) atoms. The highest BCUT2D eigenvalue weighted by Gasteiger charge is 2.18. The highest BCUT2D eigenvalue weighted by Crippen LogP contribution is 2.30. The summed E-state index contributed by atoms with van der Waals surface area (Å²) >= 11 is 2.06. The van der Waals surface area contributed by atoms with Gasteiger partial charge in [0.05, 0.1) is 14.6 Å². The standard InChI is InChI=1S/C14H14IN3O3/c1-14(2,3)13-16-7-6-12(17-13)21-11-8-9(18(19)20)4-5-10(11)15/h4-8H,1-3H3. The molecule has 2 aromatic rings. The fourth-order valence-corrected chi connectivity index (χ4v) is 2.00. The number of aromatic nitrogens is 2. The Morgan fingerprint density at radius 2 is 2.00 bits per heavy atom. The molecule has 1 aromatic carbocycles. The van der Waals surface area contributed by atoms with Gasteiger partial charge in [-0.05, 0) is 28.7 Å². The van der Waals surface area contributed by atoms with Crippen molar-refractivity contribution in [3.63, 3.8) is 0 Å². The molecule has 0 bridgehead atoms. The molecule has 0 aliphatic carbocycles. The summed E-state index contributed by atoms with van der Waals surface area (Å²) in [6, 6.07) is 6.10. The number of halogens is 1. The third-order valence-corrected chi connectivity index (χ3v) is 3.53. The molecule has 7 heteroatoms. The zero-order chi connectivity index (χ0) is 15.6. The number of hydrogen-bond donors (Lipinski definition) is 0. The van der Waals surface area contributed by atoms with Gasteiger partial charge in [-0.25, -0.2) is 4.98 Å². The maximum Gasteiger partial charge on any atom is 0.273 e. The van der Waals surface area contributed by atoms with Crippen molar-refractivity contribution in [2.45, 2.75) is 26.2 Å². The third kappa shape index (κ3) is 3.87. The summed E-state index contributed by atoms with van der Waals surface area (Å²) in [5.74, 6) is 1.43. The van der Waals surface area contributed by atoms with Gasteiger partial charge in [-0.3, -0.25) is 10.1 Å². The second-order valence-electron chi connectivity index (χ2n) is 5.44. The molecule has 0 aliphatic heterocycles. The van der Waals surface area contributed by atoms with Gasteiger partial charge in [0.1, 0.15) is 11.6 Å². The lowest BCUT2D eigenvalue weighted by atomic mass is 9.96. The zero-order valence-corrected chi connectivity index (χ0v) is 14.0. The number of rotatable bonds is 3. The van der Waals surface area contributed by atoms with Crippen LogP contribution < -0.4 is 4.74 Å². The Morgan fingerprint density at radius 1 is 1.29 bits per heavy atom. The predicted octanol–water partition coefficient (Wildman–Crippen LogP) is 4.08. The summed E-state index contributed by atoms with van der Waals surface area (Å²) in [4.78, 5) is 18.9. The number of hydrogen-bond acceptors (Lipinski definition) is 5. The van der Waals surface area contributed by atoms with Gasteiger partial charge in [-0.1, -0.05) is 20.8 Å². The number of nitro benzene ring substituents is 1. The first-order chi connectivity index (χ1) is 9.77. The number of nitro groups is 1. The molecule has 2 rings (SSSR count). The van der Waals surface area contributed by atoms with Crippen LogP contribution >= 0.6 is 22.6 Å². The van der Waals surface area contributed by atoms with Crippen LogP contribution in [0.1, 0.15) is 26.6 Å². The van der Waals surface area contributed by atoms with Gasteiger partial charge in [0.15, 0.2) is 0 Å². The minimum absolute atomic E-state index is 0.0180. The van der Waals surface area contributed by atoms with Gasteiger partial charge in [0, 0.05) is 23.7 Å². The molecule has 0 amide bonds. The fourth-order valence-electron chi connectivity index (χ4n) is 1.56. The van der Waals surface area contributed by atoms with Crippen molar-refractivity contribution in [2.24, 2.45) is 0 Å². The van der Waals surface area contributed by atoms with Gasteiger partial charge in [-0.2, -0.15) is 4.98 Å². The summed E-state index contributed by atoms with van der Waals surface area (Å²) < 4.78 is 6.45. The molecule has 1 aromatic heterocycles. The van der Waals surface area contributed by atoms with Crippen molar-refractivity contribution < 1.29 is 9.66 Å². The monoisotopic (exact) mass is 399 g/mol. The average Bonchev–Trinajstić information content (AvgIpc) is 2.40. The van der Waals surface area contributed by atoms with Gasteiger partial charge in [0.2, 0.25) is 5.88 Å². The van der Waals surface area contributed by atoms with Crippen molar-refractivity contribution >= 4 is 28.3 Å². The Hall–Kier alpha value is -1.77. The highest BCUT2D eigenvalue weighted by atomic mass is 127.